The van der Waals surface area contributed by atoms with Crippen molar-refractivity contribution in [2.45, 2.75) is 44.4 Å². The molecule has 0 radical (unpaired) electrons. The number of allylic oxidation sites excluding steroid dienone is 1. The molecule has 3 unspecified atom stereocenters. The molecule has 0 bridgehead atoms. The van der Waals surface area contributed by atoms with E-state index < -0.39 is 81.6 Å². The molecule has 3 aromatic heterocycles. The van der Waals surface area contributed by atoms with Crippen LogP contribution in [0.2, 0.25) is 0 Å². The number of nitrogens with zero attached hydrogens (tertiary/aromatic N) is 4. The number of hydrogen-bond donors (Lipinski definition) is 9. The molecule has 9 N–H and O–H groups in total. The number of aromatic nitrogens is 3. The number of fused-ring (bicyclic) bond motifs is 2. The summed E-state index contributed by atoms with van der Waals surface area (Å²) in [6, 6.07) is 4.26. The molecular weight excluding hydrogens is 588 g/mol. The van der Waals surface area contributed by atoms with Gasteiger partial charge in [0.1, 0.15) is 37.2 Å². The lowest BCUT2D eigenvalue weighted by Crippen LogP contribution is -2.37. The average Bonchev–Trinajstić information content (AvgIpc) is 3.64. The van der Waals surface area contributed by atoms with Gasteiger partial charge in [-0.25, -0.2) is 4.79 Å². The van der Waals surface area contributed by atoms with Crippen LogP contribution in [0.25, 0.3) is 23.2 Å². The monoisotopic (exact) mass is 619 g/mol. The predicted octanol–water partition coefficient (Wildman–Crippen LogP) is -3.81. The first kappa shape index (κ1) is 32.1. The van der Waals surface area contributed by atoms with Crippen LogP contribution in [0.4, 0.5) is 0 Å². The van der Waals surface area contributed by atoms with Crippen molar-refractivity contribution in [1.29, 1.82) is 0 Å². The Bertz CT molecular complexity index is 1800. The molecule has 44 heavy (non-hydrogen) atoms. The highest BCUT2D eigenvalue weighted by Gasteiger charge is 2.31. The van der Waals surface area contributed by atoms with E-state index in [1.807, 2.05) is 0 Å². The average molecular weight is 620 g/mol. The van der Waals surface area contributed by atoms with Gasteiger partial charge in [-0.2, -0.15) is 4.58 Å². The molecule has 4 heterocycles. The minimum Gasteiger partial charge on any atom is -0.480 e. The third-order valence-electron chi connectivity index (χ3n) is 7.11. The maximum atomic E-state index is 11.8. The lowest BCUT2D eigenvalue weighted by molar-refractivity contribution is -0.138. The van der Waals surface area contributed by atoms with Gasteiger partial charge in [0.25, 0.3) is 0 Å². The number of rotatable bonds is 15. The smallest absolute Gasteiger partial charge is 0.370 e. The van der Waals surface area contributed by atoms with Crippen molar-refractivity contribution in [3.8, 4) is 0 Å². The van der Waals surface area contributed by atoms with Gasteiger partial charge in [-0.1, -0.05) is 0 Å². The number of aliphatic hydroxyl groups excluding tert-OH is 5. The lowest BCUT2D eigenvalue weighted by atomic mass is 10.1. The molecule has 0 spiro atoms. The van der Waals surface area contributed by atoms with E-state index in [1.54, 1.807) is 0 Å². The van der Waals surface area contributed by atoms with E-state index in [1.165, 1.54) is 44.1 Å². The van der Waals surface area contributed by atoms with Gasteiger partial charge < -0.3 is 59.7 Å². The van der Waals surface area contributed by atoms with Gasteiger partial charge in [-0.15, -0.1) is 0 Å². The summed E-state index contributed by atoms with van der Waals surface area (Å²) in [4.78, 5) is 47.0. The largest absolute Gasteiger partial charge is 0.480 e. The summed E-state index contributed by atoms with van der Waals surface area (Å²) in [5.41, 5.74) is 1.22. The Morgan fingerprint density at radius 1 is 0.773 bits per heavy atom. The van der Waals surface area contributed by atoms with Crippen molar-refractivity contribution >= 4 is 47.1 Å². The summed E-state index contributed by atoms with van der Waals surface area (Å²) in [6.07, 6.45) is -1.84. The molecule has 17 nitrogen and oxygen atoms in total. The fourth-order valence-corrected chi connectivity index (χ4v) is 5.29. The summed E-state index contributed by atoms with van der Waals surface area (Å²) >= 11 is 0. The Hall–Kier alpha value is -4.81. The molecule has 236 valence electrons. The molecule has 0 fully saturated rings. The van der Waals surface area contributed by atoms with Gasteiger partial charge in [0.2, 0.25) is 17.6 Å². The summed E-state index contributed by atoms with van der Waals surface area (Å²) in [6.45, 7) is -3.89. The molecule has 0 amide bonds. The van der Waals surface area contributed by atoms with Crippen LogP contribution in [0.15, 0.2) is 23.9 Å². The Morgan fingerprint density at radius 2 is 1.36 bits per heavy atom. The molecule has 0 aromatic carbocycles. The van der Waals surface area contributed by atoms with Crippen molar-refractivity contribution in [1.82, 2.24) is 18.3 Å². The Kier molecular flexibility index (Phi) is 9.36. The van der Waals surface area contributed by atoms with E-state index in [4.69, 9.17) is 0 Å². The van der Waals surface area contributed by atoms with Crippen LogP contribution >= 0.6 is 0 Å². The van der Waals surface area contributed by atoms with Crippen LogP contribution in [0.3, 0.4) is 0 Å². The van der Waals surface area contributed by atoms with Crippen molar-refractivity contribution < 1.29 is 65.1 Å². The van der Waals surface area contributed by atoms with E-state index in [2.05, 4.69) is 0 Å². The third kappa shape index (κ3) is 6.41. The minimum atomic E-state index is -1.71. The van der Waals surface area contributed by atoms with Crippen molar-refractivity contribution in [2.75, 3.05) is 19.8 Å². The fourth-order valence-electron chi connectivity index (χ4n) is 5.29. The Balaban J connectivity index is 1.97. The summed E-state index contributed by atoms with van der Waals surface area (Å²) in [5.74, 6) is -5.07. The van der Waals surface area contributed by atoms with Crippen molar-refractivity contribution in [2.24, 2.45) is 0 Å². The summed E-state index contributed by atoms with van der Waals surface area (Å²) < 4.78 is 5.10. The number of carboxylic acid groups (broad SMARTS) is 4. The first-order valence-corrected chi connectivity index (χ1v) is 13.2. The van der Waals surface area contributed by atoms with E-state index in [9.17, 15) is 65.1 Å². The molecule has 3 aromatic rings. The predicted molar refractivity (Wildman–Crippen MR) is 148 cm³/mol. The number of carbonyl (C=O) groups is 4. The second kappa shape index (κ2) is 12.8. The normalized spacial score (nSPS) is 15.8. The van der Waals surface area contributed by atoms with Gasteiger partial charge in [-0.3, -0.25) is 14.4 Å². The maximum Gasteiger partial charge on any atom is 0.370 e. The quantitative estimate of drug-likeness (QED) is 0.0740. The van der Waals surface area contributed by atoms with E-state index >= 15 is 0 Å². The Morgan fingerprint density at radius 3 is 1.93 bits per heavy atom. The molecule has 1 aliphatic rings. The van der Waals surface area contributed by atoms with Crippen LogP contribution in [0.1, 0.15) is 23.2 Å². The molecule has 0 saturated heterocycles. The van der Waals surface area contributed by atoms with Gasteiger partial charge in [0, 0.05) is 30.3 Å². The topological polar surface area (TPSA) is 268 Å². The molecule has 0 saturated carbocycles. The minimum absolute atomic E-state index is 0.0927. The molecule has 0 aliphatic carbocycles. The van der Waals surface area contributed by atoms with Crippen LogP contribution in [-0.2, 0) is 45.2 Å². The van der Waals surface area contributed by atoms with Gasteiger partial charge in [0.15, 0.2) is 0 Å². The zero-order valence-corrected chi connectivity index (χ0v) is 23.0. The molecule has 1 aliphatic heterocycles. The highest BCUT2D eigenvalue weighted by Crippen LogP contribution is 2.28. The molecular formula is C27H31N4O13+. The maximum absolute atomic E-state index is 11.8. The second-order valence-electron chi connectivity index (χ2n) is 10.2. The molecule has 3 atom stereocenters. The van der Waals surface area contributed by atoms with E-state index in [0.29, 0.717) is 16.7 Å². The zero-order chi connectivity index (χ0) is 32.5. The Labute approximate surface area is 246 Å². The zero-order valence-electron chi connectivity index (χ0n) is 23.0. The number of hydrogen-bond acceptors (Lipinski definition) is 9. The third-order valence-corrected chi connectivity index (χ3v) is 7.11. The molecule has 17 heteroatoms. The van der Waals surface area contributed by atoms with Gasteiger partial charge in [0.05, 0.1) is 41.7 Å². The standard InChI is InChI=1S/C27H30N4O13/c32-11-16(34)2-15-5-18-17(30(15)9-25(40)41)3-13(28(18)7-23(36)37)1-14-4-19-20(29(14)8-24(38)39)6-21(27(44)22(35)12-33)31(19)10-26(42)43/h1,3-6,16,22,27,32-35,44H,2,7-12H2,(H3-,36,37,38,39,40,41,42,43)/p+1. The van der Waals surface area contributed by atoms with E-state index in [0.717, 1.165) is 4.57 Å². The first-order valence-electron chi connectivity index (χ1n) is 13.2. The van der Waals surface area contributed by atoms with Crippen molar-refractivity contribution in [3.63, 3.8) is 0 Å². The summed E-state index contributed by atoms with van der Waals surface area (Å²) in [5, 5.41) is 87.7. The van der Waals surface area contributed by atoms with E-state index in [-0.39, 0.29) is 34.2 Å². The summed E-state index contributed by atoms with van der Waals surface area (Å²) in [7, 11) is 0. The van der Waals surface area contributed by atoms with Crippen LogP contribution in [0, 0.1) is 0 Å². The SMILES string of the molecule is O=C(O)Cn1c(C(O)C(O)CO)cc2c1=CC(=Cc1cc3c(cc(CC(O)CO)n3CC(=O)O)n1CC(=O)O)[N+]=2CC(=O)O. The number of carboxylic acids is 4. The van der Waals surface area contributed by atoms with Gasteiger partial charge >= 0.3 is 23.9 Å². The fraction of sp³-hybridized carbons (Fsp3) is 0.370. The van der Waals surface area contributed by atoms with Crippen LogP contribution < -0.4 is 15.3 Å². The van der Waals surface area contributed by atoms with Crippen LogP contribution in [-0.4, -0.2) is 116 Å². The highest BCUT2D eigenvalue weighted by molar-refractivity contribution is 5.87. The van der Waals surface area contributed by atoms with Crippen LogP contribution in [0.5, 0.6) is 0 Å². The number of aliphatic hydroxyl groups is 5. The second-order valence-corrected chi connectivity index (χ2v) is 10.2. The number of aliphatic carboxylic acids is 4. The highest BCUT2D eigenvalue weighted by atomic mass is 16.4. The lowest BCUT2D eigenvalue weighted by Gasteiger charge is -2.17. The first-order chi connectivity index (χ1) is 20.7. The van der Waals surface area contributed by atoms with Gasteiger partial charge in [-0.05, 0) is 12.1 Å². The van der Waals surface area contributed by atoms with Crippen molar-refractivity contribution in [3.05, 3.63) is 51.7 Å². The molecule has 4 rings (SSSR count).